The molecule has 1 atom stereocenters. The highest BCUT2D eigenvalue weighted by molar-refractivity contribution is 5.95. The van der Waals surface area contributed by atoms with Gasteiger partial charge in [0.05, 0.1) is 12.4 Å². The summed E-state index contributed by atoms with van der Waals surface area (Å²) in [6, 6.07) is 6.65. The Labute approximate surface area is 217 Å². The maximum atomic E-state index is 13.2. The normalized spacial score (nSPS) is 13.0. The third-order valence-corrected chi connectivity index (χ3v) is 5.17. The number of amides is 1. The molecule has 0 saturated heterocycles. The van der Waals surface area contributed by atoms with Crippen LogP contribution in [-0.2, 0) is 6.54 Å². The third kappa shape index (κ3) is 7.47. The molecule has 0 radical (unpaired) electrons. The van der Waals surface area contributed by atoms with Gasteiger partial charge >= 0.3 is 0 Å². The summed E-state index contributed by atoms with van der Waals surface area (Å²) < 4.78 is 7.74. The van der Waals surface area contributed by atoms with Crippen LogP contribution in [0.25, 0.3) is 17.0 Å². The minimum Gasteiger partial charge on any atom is -0.416 e. The summed E-state index contributed by atoms with van der Waals surface area (Å²) >= 11 is 0. The summed E-state index contributed by atoms with van der Waals surface area (Å²) in [5.74, 6) is 0.467. The van der Waals surface area contributed by atoms with Crippen LogP contribution in [0.4, 0.5) is 0 Å². The van der Waals surface area contributed by atoms with Crippen LogP contribution >= 0.6 is 0 Å². The van der Waals surface area contributed by atoms with Crippen LogP contribution in [0.2, 0.25) is 0 Å². The number of rotatable bonds is 13. The van der Waals surface area contributed by atoms with Gasteiger partial charge in [0, 0.05) is 35.6 Å². The quantitative estimate of drug-likeness (QED) is 0.301. The second kappa shape index (κ2) is 13.7. The molecule has 2 aromatic heterocycles. The van der Waals surface area contributed by atoms with Gasteiger partial charge in [0.1, 0.15) is 0 Å². The Balaban J connectivity index is 1.80. The number of carbonyl (C=O) groups is 1. The second-order valence-electron chi connectivity index (χ2n) is 7.72. The highest BCUT2D eigenvalue weighted by atomic mass is 16.4. The number of nitrogens with zero attached hydrogens (tertiary/aromatic N) is 4. The number of aromatic nitrogens is 4. The van der Waals surface area contributed by atoms with E-state index in [1.165, 1.54) is 0 Å². The predicted octanol–water partition coefficient (Wildman–Crippen LogP) is 5.90. The summed E-state index contributed by atoms with van der Waals surface area (Å²) in [4.78, 5) is 17.3. The van der Waals surface area contributed by atoms with Crippen molar-refractivity contribution in [2.75, 3.05) is 0 Å². The lowest BCUT2D eigenvalue weighted by atomic mass is 10.0. The maximum absolute atomic E-state index is 13.2. The van der Waals surface area contributed by atoms with Gasteiger partial charge in [0.2, 0.25) is 11.8 Å². The number of imidazole rings is 1. The van der Waals surface area contributed by atoms with Gasteiger partial charge in [-0.25, -0.2) is 4.98 Å². The number of carbonyl (C=O) groups excluding carboxylic acids is 1. The van der Waals surface area contributed by atoms with E-state index in [0.29, 0.717) is 35.0 Å². The minimum absolute atomic E-state index is 0.226. The highest BCUT2D eigenvalue weighted by Crippen LogP contribution is 2.23. The zero-order chi connectivity index (χ0) is 26.5. The molecule has 1 amide bonds. The van der Waals surface area contributed by atoms with E-state index in [1.54, 1.807) is 79.3 Å². The van der Waals surface area contributed by atoms with E-state index in [2.05, 4.69) is 46.8 Å². The van der Waals surface area contributed by atoms with Crippen LogP contribution in [-0.4, -0.2) is 31.7 Å². The van der Waals surface area contributed by atoms with Crippen LogP contribution in [0.1, 0.15) is 16.2 Å². The maximum Gasteiger partial charge on any atom is 0.251 e. The molecule has 0 aliphatic rings. The first kappa shape index (κ1) is 26.6. The van der Waals surface area contributed by atoms with Gasteiger partial charge in [-0.3, -0.25) is 4.79 Å². The van der Waals surface area contributed by atoms with E-state index in [4.69, 9.17) is 4.42 Å². The van der Waals surface area contributed by atoms with E-state index < -0.39 is 0 Å². The molecule has 0 aliphatic heterocycles. The molecule has 1 unspecified atom stereocenters. The molecule has 0 aliphatic carbocycles. The number of hydrogen-bond acceptors (Lipinski definition) is 5. The Morgan fingerprint density at radius 1 is 0.973 bits per heavy atom. The van der Waals surface area contributed by atoms with E-state index in [9.17, 15) is 4.79 Å². The Hall–Kier alpha value is -5.04. The van der Waals surface area contributed by atoms with Crippen molar-refractivity contribution >= 4 is 11.5 Å². The second-order valence-corrected chi connectivity index (χ2v) is 7.72. The van der Waals surface area contributed by atoms with Crippen molar-refractivity contribution < 1.29 is 9.21 Å². The molecule has 7 heteroatoms. The minimum atomic E-state index is -0.326. The molecule has 0 fully saturated rings. The van der Waals surface area contributed by atoms with Crippen molar-refractivity contribution in [2.45, 2.75) is 12.6 Å². The molecule has 1 N–H and O–H groups in total. The topological polar surface area (TPSA) is 85.8 Å². The summed E-state index contributed by atoms with van der Waals surface area (Å²) in [7, 11) is 0. The zero-order valence-electron chi connectivity index (χ0n) is 20.5. The summed E-state index contributed by atoms with van der Waals surface area (Å²) in [5, 5.41) is 11.4. The highest BCUT2D eigenvalue weighted by Gasteiger charge is 2.18. The summed E-state index contributed by atoms with van der Waals surface area (Å²) in [6.45, 7) is 15.4. The lowest BCUT2D eigenvalue weighted by Gasteiger charge is -2.21. The molecule has 2 heterocycles. The van der Waals surface area contributed by atoms with Gasteiger partial charge in [-0.2, -0.15) is 0 Å². The monoisotopic (exact) mass is 491 g/mol. The fraction of sp³-hybridized carbons (Fsp3) is 0.0667. The predicted molar refractivity (Wildman–Crippen MR) is 148 cm³/mol. The molecule has 0 bridgehead atoms. The van der Waals surface area contributed by atoms with Crippen molar-refractivity contribution in [1.82, 2.24) is 25.1 Å². The average molecular weight is 492 g/mol. The van der Waals surface area contributed by atoms with Crippen LogP contribution in [0.15, 0.2) is 140 Å². The lowest BCUT2D eigenvalue weighted by Crippen LogP contribution is -2.39. The lowest BCUT2D eigenvalue weighted by molar-refractivity contribution is 0.0940. The van der Waals surface area contributed by atoms with Gasteiger partial charge in [-0.1, -0.05) is 81.0 Å². The first-order valence-corrected chi connectivity index (χ1v) is 11.5. The summed E-state index contributed by atoms with van der Waals surface area (Å²) in [5.41, 5.74) is 2.77. The Bertz CT molecular complexity index is 1350. The number of nitrogens with one attached hydrogen (secondary N) is 1. The van der Waals surface area contributed by atoms with Gasteiger partial charge in [-0.15, -0.1) is 10.2 Å². The fourth-order valence-corrected chi connectivity index (χ4v) is 3.40. The zero-order valence-corrected chi connectivity index (χ0v) is 20.5. The van der Waals surface area contributed by atoms with Crippen molar-refractivity contribution in [1.29, 1.82) is 0 Å². The molecule has 0 saturated carbocycles. The first-order chi connectivity index (χ1) is 18.1. The third-order valence-electron chi connectivity index (χ3n) is 5.17. The van der Waals surface area contributed by atoms with Crippen LogP contribution < -0.4 is 5.32 Å². The molecule has 186 valence electrons. The van der Waals surface area contributed by atoms with Crippen molar-refractivity contribution in [3.8, 4) is 11.5 Å². The number of benzene rings is 1. The van der Waals surface area contributed by atoms with E-state index in [0.717, 1.165) is 5.57 Å². The molecule has 3 rings (SSSR count). The fourth-order valence-electron chi connectivity index (χ4n) is 3.40. The molecular formula is C30H29N5O2. The Morgan fingerprint density at radius 2 is 1.70 bits per heavy atom. The largest absolute Gasteiger partial charge is 0.416 e. The molecule has 3 aromatic rings. The first-order valence-electron chi connectivity index (χ1n) is 11.5. The average Bonchev–Trinajstić information content (AvgIpc) is 3.61. The van der Waals surface area contributed by atoms with Crippen molar-refractivity contribution in [3.63, 3.8) is 0 Å². The smallest absolute Gasteiger partial charge is 0.251 e. The molecule has 0 spiro atoms. The van der Waals surface area contributed by atoms with E-state index in [-0.39, 0.29) is 11.9 Å². The van der Waals surface area contributed by atoms with Crippen LogP contribution in [0, 0.1) is 0 Å². The van der Waals surface area contributed by atoms with E-state index >= 15 is 0 Å². The Morgan fingerprint density at radius 3 is 2.35 bits per heavy atom. The molecular weight excluding hydrogens is 462 g/mol. The molecule has 37 heavy (non-hydrogen) atoms. The van der Waals surface area contributed by atoms with Gasteiger partial charge < -0.3 is 14.3 Å². The van der Waals surface area contributed by atoms with Crippen LogP contribution in [0.3, 0.4) is 0 Å². The van der Waals surface area contributed by atoms with Crippen molar-refractivity contribution in [2.24, 2.45) is 0 Å². The summed E-state index contributed by atoms with van der Waals surface area (Å²) in [6.07, 6.45) is 22.8. The van der Waals surface area contributed by atoms with E-state index in [1.807, 2.05) is 29.0 Å². The van der Waals surface area contributed by atoms with Crippen molar-refractivity contribution in [3.05, 3.63) is 147 Å². The van der Waals surface area contributed by atoms with Gasteiger partial charge in [0.15, 0.2) is 0 Å². The molecule has 7 nitrogen and oxygen atoms in total. The SMILES string of the molecule is C=C/C=C\C(=C/C=C)c1nnc(-c2ccc(C(=O)NC(Cn3ccnc3)C(/C=C\C=C)=C/C=C)cc2)o1. The number of allylic oxidation sites excluding steroid dienone is 10. The molecule has 1 aromatic carbocycles. The van der Waals surface area contributed by atoms with Gasteiger partial charge in [-0.05, 0) is 35.9 Å². The number of hydrogen-bond donors (Lipinski definition) is 1. The van der Waals surface area contributed by atoms with Gasteiger partial charge in [0.25, 0.3) is 5.91 Å². The Kier molecular flexibility index (Phi) is 9.87. The van der Waals surface area contributed by atoms with Crippen LogP contribution in [0.5, 0.6) is 0 Å². The standard InChI is InChI=1S/C30H29N5O2/c1-5-9-13-23(11-7-3)27(21-35-20-19-31-22-35)32-28(36)24-15-17-26(18-16-24)30-34-33-29(37-30)25(12-8-4)14-10-6-2/h5-20,22,27H,1-4,21H2,(H,32,36)/b13-9-,14-10-,23-11+,25-12+.